The van der Waals surface area contributed by atoms with Crippen molar-refractivity contribution in [1.82, 2.24) is 0 Å². The Balaban J connectivity index is 5.58. The summed E-state index contributed by atoms with van der Waals surface area (Å²) < 4.78 is 25.3. The number of ether oxygens (including phenoxy) is 1. The molecule has 0 rings (SSSR count). The highest BCUT2D eigenvalue weighted by Crippen LogP contribution is 2.31. The minimum absolute atomic E-state index is 0.353. The summed E-state index contributed by atoms with van der Waals surface area (Å²) in [6.07, 6.45) is 2.53. The Morgan fingerprint density at radius 3 is 1.55 bits per heavy atom. The molecule has 0 aromatic carbocycles. The fraction of sp³-hybridized carbons (Fsp3) is 0.778. The van der Waals surface area contributed by atoms with Crippen molar-refractivity contribution in [3.8, 4) is 0 Å². The van der Waals surface area contributed by atoms with Gasteiger partial charge < -0.3 is 22.2 Å². The molecule has 0 amide bonds. The van der Waals surface area contributed by atoms with E-state index in [9.17, 15) is 9.59 Å². The third kappa shape index (κ3) is 15.0. The van der Waals surface area contributed by atoms with Crippen LogP contribution >= 0.6 is 0 Å². The molecule has 0 aromatic heterocycles. The van der Waals surface area contributed by atoms with E-state index in [1.807, 2.05) is 6.92 Å². The van der Waals surface area contributed by atoms with Gasteiger partial charge in [-0.25, -0.2) is 9.59 Å². The van der Waals surface area contributed by atoms with E-state index in [1.165, 1.54) is 0 Å². The summed E-state index contributed by atoms with van der Waals surface area (Å²) in [5.41, 5.74) is 0. The number of carbonyl (C=O) groups is 2. The molecule has 1 unspecified atom stereocenters. The standard InChI is InChI=1S/C18H40O7Si4/c1-11-16(22-18(21)13-12-17(19)20)14-15-29(23-26(2,3)4,24-27(5,6)7)25-28(8,9)10/h12-13,16H,11,14-15H2,1-10H3,(H,19,20). The maximum absolute atomic E-state index is 11.9. The summed E-state index contributed by atoms with van der Waals surface area (Å²) in [6.45, 7) is 21.1. The lowest BCUT2D eigenvalue weighted by atomic mass is 10.2. The maximum atomic E-state index is 11.9. The van der Waals surface area contributed by atoms with Gasteiger partial charge >= 0.3 is 20.7 Å². The van der Waals surface area contributed by atoms with E-state index < -0.39 is 45.7 Å². The van der Waals surface area contributed by atoms with Gasteiger partial charge in [-0.2, -0.15) is 0 Å². The van der Waals surface area contributed by atoms with Crippen LogP contribution in [0.25, 0.3) is 0 Å². The minimum atomic E-state index is -2.99. The Hall–Kier alpha value is -0.572. The molecule has 1 atom stereocenters. The average Bonchev–Trinajstić information content (AvgIpc) is 2.43. The first-order valence-electron chi connectivity index (χ1n) is 10.1. The second-order valence-corrected chi connectivity index (χ2v) is 27.0. The van der Waals surface area contributed by atoms with Crippen LogP contribution in [-0.4, -0.2) is 56.9 Å². The van der Waals surface area contributed by atoms with Gasteiger partial charge in [0.25, 0.3) is 0 Å². The Morgan fingerprint density at radius 1 is 0.828 bits per heavy atom. The fourth-order valence-electron chi connectivity index (χ4n) is 2.64. The van der Waals surface area contributed by atoms with Gasteiger partial charge in [0.15, 0.2) is 25.0 Å². The third-order valence-electron chi connectivity index (χ3n) is 3.26. The molecule has 0 fully saturated rings. The first-order chi connectivity index (χ1) is 12.9. The molecule has 1 N–H and O–H groups in total. The molecule has 0 bridgehead atoms. The molecule has 0 aliphatic heterocycles. The summed E-state index contributed by atoms with van der Waals surface area (Å²) in [7, 11) is -8.87. The van der Waals surface area contributed by atoms with Crippen molar-refractivity contribution in [3.63, 3.8) is 0 Å². The van der Waals surface area contributed by atoms with E-state index >= 15 is 0 Å². The van der Waals surface area contributed by atoms with Crippen LogP contribution in [0.1, 0.15) is 19.8 Å². The molecule has 29 heavy (non-hydrogen) atoms. The SMILES string of the molecule is CCC(CC[Si](O[Si](C)(C)C)(O[Si](C)(C)C)O[Si](C)(C)C)OC(=O)C=CC(=O)O. The number of carboxylic acid groups (broad SMARTS) is 1. The molecule has 0 aromatic rings. The number of carbonyl (C=O) groups excluding carboxylic acids is 1. The van der Waals surface area contributed by atoms with Crippen molar-refractivity contribution in [1.29, 1.82) is 0 Å². The maximum Gasteiger partial charge on any atom is 0.469 e. The van der Waals surface area contributed by atoms with Crippen LogP contribution in [0, 0.1) is 0 Å². The van der Waals surface area contributed by atoms with Crippen molar-refractivity contribution in [3.05, 3.63) is 12.2 Å². The fourth-order valence-corrected chi connectivity index (χ4v) is 17.4. The van der Waals surface area contributed by atoms with Crippen LogP contribution in [0.2, 0.25) is 65.0 Å². The Kier molecular flexibility index (Phi) is 10.9. The van der Waals surface area contributed by atoms with E-state index in [0.29, 0.717) is 18.9 Å². The highest BCUT2D eigenvalue weighted by Gasteiger charge is 2.50. The lowest BCUT2D eigenvalue weighted by molar-refractivity contribution is -0.144. The molecule has 7 nitrogen and oxygen atoms in total. The van der Waals surface area contributed by atoms with Gasteiger partial charge in [0.05, 0.1) is 0 Å². The lowest BCUT2D eigenvalue weighted by Crippen LogP contribution is -2.60. The average molecular weight is 481 g/mol. The zero-order chi connectivity index (χ0) is 23.1. The summed E-state index contributed by atoms with van der Waals surface area (Å²) >= 11 is 0. The van der Waals surface area contributed by atoms with Crippen LogP contribution in [0.15, 0.2) is 12.2 Å². The Morgan fingerprint density at radius 2 is 1.24 bits per heavy atom. The normalized spacial score (nSPS) is 14.8. The molecule has 0 heterocycles. The van der Waals surface area contributed by atoms with E-state index in [0.717, 1.165) is 12.2 Å². The smallest absolute Gasteiger partial charge is 0.469 e. The lowest BCUT2D eigenvalue weighted by Gasteiger charge is -2.43. The van der Waals surface area contributed by atoms with Gasteiger partial charge in [-0.15, -0.1) is 0 Å². The van der Waals surface area contributed by atoms with Crippen LogP contribution in [0.4, 0.5) is 0 Å². The van der Waals surface area contributed by atoms with Crippen molar-refractivity contribution in [2.75, 3.05) is 0 Å². The van der Waals surface area contributed by atoms with E-state index in [1.54, 1.807) is 0 Å². The first kappa shape index (κ1) is 28.4. The topological polar surface area (TPSA) is 91.3 Å². The third-order valence-corrected chi connectivity index (χ3v) is 15.2. The van der Waals surface area contributed by atoms with Crippen LogP contribution < -0.4 is 0 Å². The summed E-state index contributed by atoms with van der Waals surface area (Å²) in [4.78, 5) is 22.5. The van der Waals surface area contributed by atoms with Gasteiger partial charge in [-0.1, -0.05) is 6.92 Å². The molecule has 0 radical (unpaired) electrons. The van der Waals surface area contributed by atoms with Gasteiger partial charge in [-0.3, -0.25) is 0 Å². The van der Waals surface area contributed by atoms with Crippen LogP contribution in [-0.2, 0) is 26.7 Å². The predicted octanol–water partition coefficient (Wildman–Crippen LogP) is 4.83. The monoisotopic (exact) mass is 480 g/mol. The molecule has 11 heteroatoms. The molecule has 0 saturated carbocycles. The second-order valence-electron chi connectivity index (χ2n) is 10.0. The number of esters is 1. The highest BCUT2D eigenvalue weighted by atomic mass is 28.5. The predicted molar refractivity (Wildman–Crippen MR) is 125 cm³/mol. The van der Waals surface area contributed by atoms with Crippen molar-refractivity contribution in [2.45, 2.75) is 90.8 Å². The quantitative estimate of drug-likeness (QED) is 0.229. The molecule has 0 saturated heterocycles. The highest BCUT2D eigenvalue weighted by molar-refractivity contribution is 6.90. The summed E-state index contributed by atoms with van der Waals surface area (Å²) in [6, 6.07) is 0.570. The summed E-state index contributed by atoms with van der Waals surface area (Å²) in [5.74, 6) is -1.84. The number of aliphatic carboxylic acids is 1. The second kappa shape index (κ2) is 11.2. The van der Waals surface area contributed by atoms with Crippen molar-refractivity contribution < 1.29 is 31.8 Å². The van der Waals surface area contributed by atoms with E-state index in [-0.39, 0.29) is 6.10 Å². The zero-order valence-corrected chi connectivity index (χ0v) is 23.8. The molecule has 0 aliphatic carbocycles. The van der Waals surface area contributed by atoms with Crippen molar-refractivity contribution in [2.24, 2.45) is 0 Å². The van der Waals surface area contributed by atoms with Gasteiger partial charge in [-0.05, 0) is 71.8 Å². The van der Waals surface area contributed by atoms with Crippen LogP contribution in [0.5, 0.6) is 0 Å². The molecule has 170 valence electrons. The van der Waals surface area contributed by atoms with Gasteiger partial charge in [0, 0.05) is 18.2 Å². The van der Waals surface area contributed by atoms with Gasteiger partial charge in [0.2, 0.25) is 0 Å². The first-order valence-corrected chi connectivity index (χ1v) is 22.2. The van der Waals surface area contributed by atoms with E-state index in [4.69, 9.17) is 22.2 Å². The molecule has 0 aliphatic rings. The van der Waals surface area contributed by atoms with Gasteiger partial charge in [0.1, 0.15) is 6.10 Å². The molecule has 0 spiro atoms. The van der Waals surface area contributed by atoms with Crippen LogP contribution in [0.3, 0.4) is 0 Å². The minimum Gasteiger partial charge on any atom is -0.478 e. The number of carboxylic acids is 1. The molecular formula is C18H40O7Si4. The zero-order valence-electron chi connectivity index (χ0n) is 19.8. The Labute approximate surface area is 180 Å². The van der Waals surface area contributed by atoms with E-state index in [2.05, 4.69) is 58.9 Å². The summed E-state index contributed by atoms with van der Waals surface area (Å²) in [5, 5.41) is 8.66. The van der Waals surface area contributed by atoms with Crippen molar-refractivity contribution >= 4 is 45.7 Å². The largest absolute Gasteiger partial charge is 0.478 e. The number of hydrogen-bond donors (Lipinski definition) is 1. The molecular weight excluding hydrogens is 441 g/mol. The number of rotatable bonds is 13. The number of hydrogen-bond acceptors (Lipinski definition) is 6. The Bertz CT molecular complexity index is 533.